The number of rotatable bonds is 4. The minimum absolute atomic E-state index is 0.113. The molecule has 3 rings (SSSR count). The first-order valence-corrected chi connectivity index (χ1v) is 8.83. The van der Waals surface area contributed by atoms with Gasteiger partial charge in [0, 0.05) is 24.1 Å². The molecule has 1 aliphatic rings. The molecule has 2 aromatic rings. The van der Waals surface area contributed by atoms with Crippen molar-refractivity contribution in [2.75, 3.05) is 5.32 Å². The van der Waals surface area contributed by atoms with Gasteiger partial charge in [0.25, 0.3) is 5.91 Å². The van der Waals surface area contributed by atoms with Crippen LogP contribution in [0, 0.1) is 18.3 Å². The summed E-state index contributed by atoms with van der Waals surface area (Å²) >= 11 is 0. The van der Waals surface area contributed by atoms with Crippen molar-refractivity contribution in [2.24, 2.45) is 0 Å². The molecule has 128 valence electrons. The average molecular weight is 333 g/mol. The van der Waals surface area contributed by atoms with Gasteiger partial charge in [-0.3, -0.25) is 4.79 Å². The number of benzene rings is 1. The van der Waals surface area contributed by atoms with Crippen molar-refractivity contribution in [1.29, 1.82) is 5.26 Å². The molecule has 1 aromatic carbocycles. The van der Waals surface area contributed by atoms with Crippen LogP contribution in [0.4, 0.5) is 5.69 Å². The maximum absolute atomic E-state index is 12.3. The van der Waals surface area contributed by atoms with E-state index >= 15 is 0 Å². The molecule has 1 saturated carbocycles. The van der Waals surface area contributed by atoms with Crippen LogP contribution >= 0.6 is 0 Å². The van der Waals surface area contributed by atoms with E-state index in [4.69, 9.17) is 0 Å². The summed E-state index contributed by atoms with van der Waals surface area (Å²) in [6.07, 6.45) is 12.0. The van der Waals surface area contributed by atoms with Gasteiger partial charge in [-0.2, -0.15) is 5.26 Å². The van der Waals surface area contributed by atoms with Gasteiger partial charge < -0.3 is 9.88 Å². The Bertz CT molecular complexity index is 802. The largest absolute Gasteiger partial charge is 0.351 e. The smallest absolute Gasteiger partial charge is 0.266 e. The molecule has 4 heteroatoms. The highest BCUT2D eigenvalue weighted by Gasteiger charge is 2.15. The van der Waals surface area contributed by atoms with Crippen LogP contribution in [0.25, 0.3) is 6.08 Å². The molecule has 0 bridgehead atoms. The van der Waals surface area contributed by atoms with Crippen molar-refractivity contribution in [1.82, 2.24) is 4.57 Å². The first-order chi connectivity index (χ1) is 12.2. The van der Waals surface area contributed by atoms with Crippen LogP contribution in [-0.2, 0) is 4.79 Å². The average Bonchev–Trinajstić information content (AvgIpc) is 3.11. The van der Waals surface area contributed by atoms with Crippen molar-refractivity contribution in [3.05, 3.63) is 59.4 Å². The van der Waals surface area contributed by atoms with E-state index in [0.717, 1.165) is 11.1 Å². The Kier molecular flexibility index (Phi) is 5.35. The SMILES string of the molecule is Cc1ccc(NC(=O)/C(C#N)=C/c2ccn(C3CCCCC3)c2)cc1. The van der Waals surface area contributed by atoms with E-state index in [0.29, 0.717) is 11.7 Å². The quantitative estimate of drug-likeness (QED) is 0.642. The zero-order valence-corrected chi connectivity index (χ0v) is 14.5. The third kappa shape index (κ3) is 4.39. The molecule has 0 aliphatic heterocycles. The summed E-state index contributed by atoms with van der Waals surface area (Å²) in [4.78, 5) is 12.3. The van der Waals surface area contributed by atoms with Crippen LogP contribution in [0.3, 0.4) is 0 Å². The first-order valence-electron chi connectivity index (χ1n) is 8.83. The predicted molar refractivity (Wildman–Crippen MR) is 100.0 cm³/mol. The molecule has 0 atom stereocenters. The van der Waals surface area contributed by atoms with E-state index in [2.05, 4.69) is 16.1 Å². The van der Waals surface area contributed by atoms with Crippen LogP contribution in [0.2, 0.25) is 0 Å². The standard InChI is InChI=1S/C21H23N3O/c1-16-7-9-19(10-8-16)23-21(25)18(14-22)13-17-11-12-24(15-17)20-5-3-2-4-6-20/h7-13,15,20H,2-6H2,1H3,(H,23,25)/b18-13+. The van der Waals surface area contributed by atoms with E-state index in [1.54, 1.807) is 6.08 Å². The predicted octanol–water partition coefficient (Wildman–Crippen LogP) is 4.85. The topological polar surface area (TPSA) is 57.8 Å². The van der Waals surface area contributed by atoms with E-state index in [9.17, 15) is 10.1 Å². The Labute approximate surface area is 148 Å². The van der Waals surface area contributed by atoms with E-state index in [1.807, 2.05) is 49.5 Å². The van der Waals surface area contributed by atoms with Gasteiger partial charge in [-0.15, -0.1) is 0 Å². The number of hydrogen-bond acceptors (Lipinski definition) is 2. The zero-order chi connectivity index (χ0) is 17.6. The van der Waals surface area contributed by atoms with Crippen molar-refractivity contribution < 1.29 is 4.79 Å². The third-order valence-electron chi connectivity index (χ3n) is 4.72. The Balaban J connectivity index is 1.71. The highest BCUT2D eigenvalue weighted by molar-refractivity contribution is 6.09. The minimum atomic E-state index is -0.378. The van der Waals surface area contributed by atoms with Gasteiger partial charge in [0.2, 0.25) is 0 Å². The van der Waals surface area contributed by atoms with E-state index < -0.39 is 0 Å². The van der Waals surface area contributed by atoms with Gasteiger partial charge in [-0.1, -0.05) is 37.0 Å². The number of nitrogens with one attached hydrogen (secondary N) is 1. The van der Waals surface area contributed by atoms with Crippen LogP contribution in [0.15, 0.2) is 48.3 Å². The molecule has 0 unspecified atom stereocenters. The lowest BCUT2D eigenvalue weighted by atomic mass is 9.95. The Morgan fingerprint density at radius 3 is 2.60 bits per heavy atom. The third-order valence-corrected chi connectivity index (χ3v) is 4.72. The van der Waals surface area contributed by atoms with Crippen molar-refractivity contribution in [3.8, 4) is 6.07 Å². The van der Waals surface area contributed by atoms with Gasteiger partial charge in [0.05, 0.1) is 0 Å². The van der Waals surface area contributed by atoms with Crippen molar-refractivity contribution in [3.63, 3.8) is 0 Å². The second-order valence-electron chi connectivity index (χ2n) is 6.67. The van der Waals surface area contributed by atoms with E-state index in [-0.39, 0.29) is 11.5 Å². The molecule has 1 aromatic heterocycles. The summed E-state index contributed by atoms with van der Waals surface area (Å²) in [6, 6.07) is 12.0. The van der Waals surface area contributed by atoms with Crippen LogP contribution < -0.4 is 5.32 Å². The van der Waals surface area contributed by atoms with Crippen LogP contribution in [0.1, 0.15) is 49.3 Å². The number of carbonyl (C=O) groups excluding carboxylic acids is 1. The number of carbonyl (C=O) groups is 1. The molecule has 1 fully saturated rings. The van der Waals surface area contributed by atoms with Crippen molar-refractivity contribution >= 4 is 17.7 Å². The Morgan fingerprint density at radius 1 is 1.20 bits per heavy atom. The molecule has 0 radical (unpaired) electrons. The monoisotopic (exact) mass is 333 g/mol. The number of amides is 1. The number of nitrogens with zero attached hydrogens (tertiary/aromatic N) is 2. The fraction of sp³-hybridized carbons (Fsp3) is 0.333. The lowest BCUT2D eigenvalue weighted by molar-refractivity contribution is -0.112. The minimum Gasteiger partial charge on any atom is -0.351 e. The number of anilines is 1. The molecule has 1 aliphatic carbocycles. The second kappa shape index (κ2) is 7.85. The number of hydrogen-bond donors (Lipinski definition) is 1. The highest BCUT2D eigenvalue weighted by atomic mass is 16.1. The summed E-state index contributed by atoms with van der Waals surface area (Å²) in [6.45, 7) is 1.99. The molecule has 1 heterocycles. The van der Waals surface area contributed by atoms with Gasteiger partial charge in [0.15, 0.2) is 0 Å². The maximum atomic E-state index is 12.3. The summed E-state index contributed by atoms with van der Waals surface area (Å²) in [7, 11) is 0. The Hall–Kier alpha value is -2.80. The number of aromatic nitrogens is 1. The molecular weight excluding hydrogens is 310 g/mol. The molecular formula is C21H23N3O. The summed E-state index contributed by atoms with van der Waals surface area (Å²) < 4.78 is 2.22. The number of aryl methyl sites for hydroxylation is 1. The molecule has 4 nitrogen and oxygen atoms in total. The normalized spacial score (nSPS) is 15.6. The molecule has 25 heavy (non-hydrogen) atoms. The maximum Gasteiger partial charge on any atom is 0.266 e. The van der Waals surface area contributed by atoms with Crippen LogP contribution in [-0.4, -0.2) is 10.5 Å². The van der Waals surface area contributed by atoms with Gasteiger partial charge in [-0.05, 0) is 49.6 Å². The summed E-state index contributed by atoms with van der Waals surface area (Å²) in [5, 5.41) is 12.1. The zero-order valence-electron chi connectivity index (χ0n) is 14.5. The van der Waals surface area contributed by atoms with Gasteiger partial charge in [0.1, 0.15) is 11.6 Å². The molecule has 0 saturated heterocycles. The fourth-order valence-electron chi connectivity index (χ4n) is 3.27. The van der Waals surface area contributed by atoms with Crippen LogP contribution in [0.5, 0.6) is 0 Å². The van der Waals surface area contributed by atoms with Gasteiger partial charge in [-0.25, -0.2) is 0 Å². The highest BCUT2D eigenvalue weighted by Crippen LogP contribution is 2.28. The molecule has 1 amide bonds. The Morgan fingerprint density at radius 2 is 1.92 bits per heavy atom. The lowest BCUT2D eigenvalue weighted by Crippen LogP contribution is -2.13. The first kappa shape index (κ1) is 17.0. The fourth-order valence-corrected chi connectivity index (χ4v) is 3.27. The molecule has 1 N–H and O–H groups in total. The van der Waals surface area contributed by atoms with Crippen molar-refractivity contribution in [2.45, 2.75) is 45.1 Å². The van der Waals surface area contributed by atoms with E-state index in [1.165, 1.54) is 32.1 Å². The summed E-state index contributed by atoms with van der Waals surface area (Å²) in [5.74, 6) is -0.378. The summed E-state index contributed by atoms with van der Waals surface area (Å²) in [5.41, 5.74) is 2.82. The lowest BCUT2D eigenvalue weighted by Gasteiger charge is -2.23. The van der Waals surface area contributed by atoms with Gasteiger partial charge >= 0.3 is 0 Å². The second-order valence-corrected chi connectivity index (χ2v) is 6.67. The molecule has 0 spiro atoms. The number of nitriles is 1.